The minimum absolute atomic E-state index is 0.0262. The monoisotopic (exact) mass is 502 g/mol. The topological polar surface area (TPSA) is 113 Å². The smallest absolute Gasteiger partial charge is 0.287 e. The van der Waals surface area contributed by atoms with E-state index in [0.717, 1.165) is 36.8 Å². The summed E-state index contributed by atoms with van der Waals surface area (Å²) in [6.07, 6.45) is 3.66. The van der Waals surface area contributed by atoms with Gasteiger partial charge in [0.05, 0.1) is 12.0 Å². The van der Waals surface area contributed by atoms with E-state index in [1.807, 2.05) is 11.4 Å². The first-order valence-electron chi connectivity index (χ1n) is 11.3. The molecule has 0 bridgehead atoms. The normalized spacial score (nSPS) is 18.1. The number of aromatic nitrogens is 2. The first-order chi connectivity index (χ1) is 16.4. The number of fused-ring (bicyclic) bond motifs is 1. The second-order valence-electron chi connectivity index (χ2n) is 8.52. The van der Waals surface area contributed by atoms with Crippen LogP contribution in [0.2, 0.25) is 5.02 Å². The molecule has 0 spiro atoms. The quantitative estimate of drug-likeness (QED) is 0.435. The fraction of sp³-hybridized carbons (Fsp3) is 0.417. The fourth-order valence-electron chi connectivity index (χ4n) is 4.26. The largest absolute Gasteiger partial charge is 0.376 e. The van der Waals surface area contributed by atoms with E-state index >= 15 is 0 Å². The summed E-state index contributed by atoms with van der Waals surface area (Å²) in [5.74, 6) is 0.146. The Balaban J connectivity index is 1.33. The lowest BCUT2D eigenvalue weighted by molar-refractivity contribution is -0.125. The predicted octanol–water partition coefficient (Wildman–Crippen LogP) is 3.64. The van der Waals surface area contributed by atoms with Gasteiger partial charge in [-0.05, 0) is 54.7 Å². The molecule has 2 heterocycles. The standard InChI is InChI=1S/C24H27ClN4O4S/c1-26-21(30)16-7-5-14(6-8-16)11-33-12-17-13-34-24-19(17)22(31)28-20(29-24)23(32)27-10-15-3-2-4-18(25)9-15/h2-4,9,13-14,16H,5-8,10-12H2,1H3,(H,26,30)(H,27,32)(H,28,29,31). The van der Waals surface area contributed by atoms with Crippen LogP contribution in [0.15, 0.2) is 34.4 Å². The first-order valence-corrected chi connectivity index (χ1v) is 12.5. The van der Waals surface area contributed by atoms with E-state index in [0.29, 0.717) is 34.4 Å². The maximum absolute atomic E-state index is 12.7. The number of hydrogen-bond donors (Lipinski definition) is 3. The second kappa shape index (κ2) is 11.1. The molecule has 0 saturated heterocycles. The van der Waals surface area contributed by atoms with Gasteiger partial charge in [0.1, 0.15) is 4.83 Å². The molecule has 10 heteroatoms. The maximum Gasteiger partial charge on any atom is 0.287 e. The molecule has 1 fully saturated rings. The number of ether oxygens (including phenoxy) is 1. The highest BCUT2D eigenvalue weighted by atomic mass is 35.5. The lowest BCUT2D eigenvalue weighted by Crippen LogP contribution is -2.31. The molecule has 180 valence electrons. The van der Waals surface area contributed by atoms with Gasteiger partial charge in [-0.2, -0.15) is 0 Å². The van der Waals surface area contributed by atoms with Gasteiger partial charge in [-0.25, -0.2) is 4.98 Å². The van der Waals surface area contributed by atoms with E-state index < -0.39 is 5.91 Å². The SMILES string of the molecule is CNC(=O)C1CCC(COCc2csc3nc(C(=O)NCc4cccc(Cl)c4)[nH]c(=O)c23)CC1. The zero-order valence-electron chi connectivity index (χ0n) is 18.9. The number of rotatable bonds is 8. The van der Waals surface area contributed by atoms with Gasteiger partial charge in [-0.3, -0.25) is 14.4 Å². The van der Waals surface area contributed by atoms with Crippen molar-refractivity contribution >= 4 is 45.0 Å². The summed E-state index contributed by atoms with van der Waals surface area (Å²) in [5, 5.41) is 8.37. The Morgan fingerprint density at radius 3 is 2.79 bits per heavy atom. The van der Waals surface area contributed by atoms with Crippen molar-refractivity contribution in [1.82, 2.24) is 20.6 Å². The van der Waals surface area contributed by atoms with Crippen LogP contribution in [0.5, 0.6) is 0 Å². The summed E-state index contributed by atoms with van der Waals surface area (Å²) in [4.78, 5) is 44.4. The van der Waals surface area contributed by atoms with Crippen molar-refractivity contribution in [3.63, 3.8) is 0 Å². The van der Waals surface area contributed by atoms with Crippen molar-refractivity contribution in [2.45, 2.75) is 38.8 Å². The average molecular weight is 503 g/mol. The van der Waals surface area contributed by atoms with Crippen LogP contribution in [-0.4, -0.2) is 35.4 Å². The van der Waals surface area contributed by atoms with Crippen molar-refractivity contribution in [2.24, 2.45) is 11.8 Å². The number of carbonyl (C=O) groups excluding carboxylic acids is 2. The van der Waals surface area contributed by atoms with Gasteiger partial charge in [0.2, 0.25) is 11.7 Å². The molecule has 1 aliphatic carbocycles. The number of thiophene rings is 1. The molecular weight excluding hydrogens is 476 g/mol. The van der Waals surface area contributed by atoms with Crippen LogP contribution in [0.1, 0.15) is 47.4 Å². The number of amides is 2. The molecule has 2 aromatic heterocycles. The van der Waals surface area contributed by atoms with E-state index in [2.05, 4.69) is 20.6 Å². The van der Waals surface area contributed by atoms with Crippen LogP contribution < -0.4 is 16.2 Å². The third kappa shape index (κ3) is 5.84. The van der Waals surface area contributed by atoms with Crippen LogP contribution in [0.25, 0.3) is 10.2 Å². The lowest BCUT2D eigenvalue weighted by Gasteiger charge is -2.27. The van der Waals surface area contributed by atoms with E-state index in [4.69, 9.17) is 16.3 Å². The van der Waals surface area contributed by atoms with Crippen LogP contribution in [0.3, 0.4) is 0 Å². The van der Waals surface area contributed by atoms with Crippen molar-refractivity contribution in [2.75, 3.05) is 13.7 Å². The summed E-state index contributed by atoms with van der Waals surface area (Å²) < 4.78 is 5.91. The Labute approximate surface area is 206 Å². The number of halogens is 1. The number of aromatic amines is 1. The molecule has 0 radical (unpaired) electrons. The molecule has 4 rings (SSSR count). The minimum Gasteiger partial charge on any atom is -0.376 e. The highest BCUT2D eigenvalue weighted by Crippen LogP contribution is 2.29. The van der Waals surface area contributed by atoms with Crippen molar-refractivity contribution in [1.29, 1.82) is 0 Å². The number of benzene rings is 1. The van der Waals surface area contributed by atoms with Gasteiger partial charge in [0.15, 0.2) is 0 Å². The molecule has 0 atom stereocenters. The molecule has 2 amide bonds. The zero-order chi connectivity index (χ0) is 24.1. The molecule has 1 aromatic carbocycles. The molecule has 3 aromatic rings. The third-order valence-corrected chi connectivity index (χ3v) is 7.31. The summed E-state index contributed by atoms with van der Waals surface area (Å²) in [6, 6.07) is 7.18. The number of carbonyl (C=O) groups is 2. The summed E-state index contributed by atoms with van der Waals surface area (Å²) in [7, 11) is 1.68. The highest BCUT2D eigenvalue weighted by molar-refractivity contribution is 7.16. The Bertz CT molecular complexity index is 1230. The van der Waals surface area contributed by atoms with Crippen LogP contribution in [0, 0.1) is 11.8 Å². The van der Waals surface area contributed by atoms with E-state index in [9.17, 15) is 14.4 Å². The minimum atomic E-state index is -0.461. The van der Waals surface area contributed by atoms with E-state index in [1.165, 1.54) is 11.3 Å². The number of H-pyrrole nitrogens is 1. The van der Waals surface area contributed by atoms with Crippen molar-refractivity contribution in [3.05, 3.63) is 62.0 Å². The maximum atomic E-state index is 12.7. The summed E-state index contributed by atoms with van der Waals surface area (Å²) in [5.41, 5.74) is 1.25. The van der Waals surface area contributed by atoms with Crippen LogP contribution >= 0.6 is 22.9 Å². The highest BCUT2D eigenvalue weighted by Gasteiger charge is 2.25. The molecule has 34 heavy (non-hydrogen) atoms. The zero-order valence-corrected chi connectivity index (χ0v) is 20.4. The first kappa shape index (κ1) is 24.4. The third-order valence-electron chi connectivity index (χ3n) is 6.15. The van der Waals surface area contributed by atoms with Crippen LogP contribution in [0.4, 0.5) is 0 Å². The molecule has 8 nitrogen and oxygen atoms in total. The van der Waals surface area contributed by atoms with Gasteiger partial charge < -0.3 is 20.4 Å². The number of nitrogens with one attached hydrogen (secondary N) is 3. The lowest BCUT2D eigenvalue weighted by atomic mass is 9.82. The molecule has 3 N–H and O–H groups in total. The van der Waals surface area contributed by atoms with E-state index in [1.54, 1.807) is 25.2 Å². The van der Waals surface area contributed by atoms with E-state index in [-0.39, 0.29) is 29.8 Å². The molecular formula is C24H27ClN4O4S. The van der Waals surface area contributed by atoms with Gasteiger partial charge in [0.25, 0.3) is 11.5 Å². The second-order valence-corrected chi connectivity index (χ2v) is 9.81. The number of hydrogen-bond acceptors (Lipinski definition) is 6. The average Bonchev–Trinajstić information content (AvgIpc) is 3.26. The summed E-state index contributed by atoms with van der Waals surface area (Å²) >= 11 is 7.29. The predicted molar refractivity (Wildman–Crippen MR) is 132 cm³/mol. The molecule has 0 unspecified atom stereocenters. The Kier molecular flexibility index (Phi) is 7.97. The Morgan fingerprint density at radius 2 is 2.06 bits per heavy atom. The Hall–Kier alpha value is -2.75. The summed E-state index contributed by atoms with van der Waals surface area (Å²) in [6.45, 7) is 1.17. The van der Waals surface area contributed by atoms with Gasteiger partial charge in [-0.15, -0.1) is 11.3 Å². The van der Waals surface area contributed by atoms with Crippen molar-refractivity contribution < 1.29 is 14.3 Å². The van der Waals surface area contributed by atoms with Gasteiger partial charge in [0, 0.05) is 36.7 Å². The Morgan fingerprint density at radius 1 is 1.26 bits per heavy atom. The number of nitrogens with zero attached hydrogens (tertiary/aromatic N) is 1. The fourth-order valence-corrected chi connectivity index (χ4v) is 5.40. The van der Waals surface area contributed by atoms with Gasteiger partial charge in [-0.1, -0.05) is 23.7 Å². The van der Waals surface area contributed by atoms with Gasteiger partial charge >= 0.3 is 0 Å². The van der Waals surface area contributed by atoms with Crippen molar-refractivity contribution in [3.8, 4) is 0 Å². The molecule has 1 saturated carbocycles. The molecule has 0 aliphatic heterocycles. The van der Waals surface area contributed by atoms with Crippen LogP contribution in [-0.2, 0) is 22.7 Å². The molecule has 1 aliphatic rings.